The van der Waals surface area contributed by atoms with Gasteiger partial charge in [0.1, 0.15) is 0 Å². The molecule has 0 atom stereocenters. The van der Waals surface area contributed by atoms with Crippen LogP contribution in [0.2, 0.25) is 0 Å². The second kappa shape index (κ2) is 6.85. The van der Waals surface area contributed by atoms with E-state index in [1.165, 1.54) is 6.92 Å². The van der Waals surface area contributed by atoms with Crippen molar-refractivity contribution in [2.75, 3.05) is 26.0 Å². The lowest BCUT2D eigenvalue weighted by Gasteiger charge is -2.14. The standard InChI is InChI=1S/C10H22N2O3S/c1-9(2)16(14,15)8-11-6-5-7-12(4)10(3)13/h9,11H,5-8H2,1-4H3. The summed E-state index contributed by atoms with van der Waals surface area (Å²) in [4.78, 5) is 12.5. The summed E-state index contributed by atoms with van der Waals surface area (Å²) < 4.78 is 22.8. The van der Waals surface area contributed by atoms with Crippen molar-refractivity contribution in [2.45, 2.75) is 32.4 Å². The molecule has 0 aromatic rings. The summed E-state index contributed by atoms with van der Waals surface area (Å²) in [5.74, 6) is 0.0314. The monoisotopic (exact) mass is 250 g/mol. The molecule has 1 amide bonds. The van der Waals surface area contributed by atoms with Gasteiger partial charge in [-0.1, -0.05) is 0 Å². The Kier molecular flexibility index (Phi) is 6.59. The Balaban J connectivity index is 3.67. The van der Waals surface area contributed by atoms with Gasteiger partial charge in [0.25, 0.3) is 0 Å². The summed E-state index contributed by atoms with van der Waals surface area (Å²) in [6, 6.07) is 0. The molecule has 0 unspecified atom stereocenters. The number of carbonyl (C=O) groups excluding carboxylic acids is 1. The maximum absolute atomic E-state index is 11.4. The highest BCUT2D eigenvalue weighted by molar-refractivity contribution is 7.91. The molecule has 0 saturated carbocycles. The number of amides is 1. The highest BCUT2D eigenvalue weighted by Gasteiger charge is 2.14. The topological polar surface area (TPSA) is 66.5 Å². The van der Waals surface area contributed by atoms with Crippen molar-refractivity contribution >= 4 is 15.7 Å². The highest BCUT2D eigenvalue weighted by atomic mass is 32.2. The Labute approximate surface area is 98.1 Å². The third-order valence-electron chi connectivity index (χ3n) is 2.41. The maximum Gasteiger partial charge on any atom is 0.219 e. The van der Waals surface area contributed by atoms with Gasteiger partial charge in [0.05, 0.1) is 11.1 Å². The van der Waals surface area contributed by atoms with Gasteiger partial charge in [-0.15, -0.1) is 0 Å². The lowest BCUT2D eigenvalue weighted by atomic mass is 10.4. The molecule has 16 heavy (non-hydrogen) atoms. The summed E-state index contributed by atoms with van der Waals surface area (Å²) in [5.41, 5.74) is 0. The van der Waals surface area contributed by atoms with Crippen molar-refractivity contribution < 1.29 is 13.2 Å². The predicted octanol–water partition coefficient (Wildman–Crippen LogP) is 0.225. The smallest absolute Gasteiger partial charge is 0.219 e. The third-order valence-corrected chi connectivity index (χ3v) is 4.45. The first kappa shape index (κ1) is 15.4. The average molecular weight is 250 g/mol. The van der Waals surface area contributed by atoms with Crippen molar-refractivity contribution in [3.05, 3.63) is 0 Å². The molecule has 0 rings (SSSR count). The number of hydrogen-bond donors (Lipinski definition) is 1. The molecule has 0 fully saturated rings. The molecule has 0 heterocycles. The fourth-order valence-electron chi connectivity index (χ4n) is 0.980. The quantitative estimate of drug-likeness (QED) is 0.657. The highest BCUT2D eigenvalue weighted by Crippen LogP contribution is 1.98. The summed E-state index contributed by atoms with van der Waals surface area (Å²) in [6.45, 7) is 6.09. The van der Waals surface area contributed by atoms with Crippen molar-refractivity contribution in [1.29, 1.82) is 0 Å². The molecule has 6 heteroatoms. The first-order chi connectivity index (χ1) is 7.27. The maximum atomic E-state index is 11.4. The van der Waals surface area contributed by atoms with Gasteiger partial charge in [-0.25, -0.2) is 8.42 Å². The van der Waals surface area contributed by atoms with E-state index in [0.717, 1.165) is 6.42 Å². The molecule has 0 aromatic heterocycles. The van der Waals surface area contributed by atoms with Crippen LogP contribution in [0.1, 0.15) is 27.2 Å². The number of sulfone groups is 1. The minimum absolute atomic E-state index is 0.00839. The minimum atomic E-state index is -3.01. The van der Waals surface area contributed by atoms with Gasteiger partial charge in [-0.2, -0.15) is 0 Å². The van der Waals surface area contributed by atoms with E-state index in [1.807, 2.05) is 0 Å². The molecule has 0 aliphatic heterocycles. The van der Waals surface area contributed by atoms with Crippen molar-refractivity contribution in [3.8, 4) is 0 Å². The van der Waals surface area contributed by atoms with Gasteiger partial charge in [0.2, 0.25) is 5.91 Å². The Bertz CT molecular complexity index is 312. The zero-order valence-electron chi connectivity index (χ0n) is 10.5. The van der Waals surface area contributed by atoms with E-state index in [4.69, 9.17) is 0 Å². The van der Waals surface area contributed by atoms with Gasteiger partial charge in [0, 0.05) is 20.5 Å². The van der Waals surface area contributed by atoms with E-state index in [-0.39, 0.29) is 17.0 Å². The summed E-state index contributed by atoms with van der Waals surface area (Å²) in [5, 5.41) is 2.53. The van der Waals surface area contributed by atoms with Crippen molar-refractivity contribution in [1.82, 2.24) is 10.2 Å². The SMILES string of the molecule is CC(=O)N(C)CCCNCS(=O)(=O)C(C)C. The Hall–Kier alpha value is -0.620. The first-order valence-corrected chi connectivity index (χ1v) is 7.13. The van der Waals surface area contributed by atoms with E-state index in [2.05, 4.69) is 5.32 Å². The fraction of sp³-hybridized carbons (Fsp3) is 0.900. The summed E-state index contributed by atoms with van der Waals surface area (Å²) in [6.07, 6.45) is 0.754. The molecule has 0 radical (unpaired) electrons. The van der Waals surface area contributed by atoms with Crippen LogP contribution in [0, 0.1) is 0 Å². The number of nitrogens with one attached hydrogen (secondary N) is 1. The van der Waals surface area contributed by atoms with E-state index < -0.39 is 9.84 Å². The molecule has 5 nitrogen and oxygen atoms in total. The van der Waals surface area contributed by atoms with E-state index in [1.54, 1.807) is 25.8 Å². The molecule has 0 aliphatic carbocycles. The number of nitrogens with zero attached hydrogens (tertiary/aromatic N) is 1. The van der Waals surface area contributed by atoms with Gasteiger partial charge in [-0.05, 0) is 26.8 Å². The lowest BCUT2D eigenvalue weighted by molar-refractivity contribution is -0.127. The molecule has 0 spiro atoms. The van der Waals surface area contributed by atoms with Crippen LogP contribution in [0.4, 0.5) is 0 Å². The largest absolute Gasteiger partial charge is 0.346 e. The van der Waals surface area contributed by atoms with Crippen LogP contribution in [0.3, 0.4) is 0 Å². The molecule has 0 aliphatic rings. The van der Waals surface area contributed by atoms with Gasteiger partial charge < -0.3 is 10.2 Å². The molecule has 96 valence electrons. The Morgan fingerprint density at radius 1 is 1.38 bits per heavy atom. The van der Waals surface area contributed by atoms with Crippen LogP contribution < -0.4 is 5.32 Å². The van der Waals surface area contributed by atoms with Crippen LogP contribution in [0.25, 0.3) is 0 Å². The normalized spacial score (nSPS) is 11.8. The van der Waals surface area contributed by atoms with Crippen LogP contribution in [-0.4, -0.2) is 50.5 Å². The van der Waals surface area contributed by atoms with Crippen LogP contribution in [0.15, 0.2) is 0 Å². The van der Waals surface area contributed by atoms with Crippen LogP contribution in [0.5, 0.6) is 0 Å². The lowest BCUT2D eigenvalue weighted by Crippen LogP contribution is -2.32. The van der Waals surface area contributed by atoms with Crippen molar-refractivity contribution in [2.24, 2.45) is 0 Å². The van der Waals surface area contributed by atoms with Gasteiger partial charge >= 0.3 is 0 Å². The molecule has 0 aromatic carbocycles. The van der Waals surface area contributed by atoms with Crippen LogP contribution in [-0.2, 0) is 14.6 Å². The Morgan fingerprint density at radius 2 is 1.94 bits per heavy atom. The van der Waals surface area contributed by atoms with Crippen LogP contribution >= 0.6 is 0 Å². The zero-order valence-corrected chi connectivity index (χ0v) is 11.3. The number of rotatable bonds is 7. The Morgan fingerprint density at radius 3 is 2.38 bits per heavy atom. The first-order valence-electron chi connectivity index (χ1n) is 5.41. The zero-order chi connectivity index (χ0) is 12.8. The summed E-state index contributed by atoms with van der Waals surface area (Å²) >= 11 is 0. The number of hydrogen-bond acceptors (Lipinski definition) is 4. The predicted molar refractivity (Wildman–Crippen MR) is 64.9 cm³/mol. The molecule has 0 bridgehead atoms. The van der Waals surface area contributed by atoms with E-state index in [9.17, 15) is 13.2 Å². The summed E-state index contributed by atoms with van der Waals surface area (Å²) in [7, 11) is -1.28. The van der Waals surface area contributed by atoms with E-state index in [0.29, 0.717) is 13.1 Å². The number of carbonyl (C=O) groups is 1. The van der Waals surface area contributed by atoms with E-state index >= 15 is 0 Å². The molecular formula is C10H22N2O3S. The van der Waals surface area contributed by atoms with Crippen molar-refractivity contribution in [3.63, 3.8) is 0 Å². The molecule has 0 saturated heterocycles. The minimum Gasteiger partial charge on any atom is -0.346 e. The second-order valence-electron chi connectivity index (χ2n) is 4.15. The molecule has 1 N–H and O–H groups in total. The van der Waals surface area contributed by atoms with Gasteiger partial charge in [-0.3, -0.25) is 4.79 Å². The fourth-order valence-corrected chi connectivity index (χ4v) is 1.74. The second-order valence-corrected chi connectivity index (χ2v) is 6.71. The molecular weight excluding hydrogens is 228 g/mol. The average Bonchev–Trinajstić information content (AvgIpc) is 2.16. The van der Waals surface area contributed by atoms with Gasteiger partial charge in [0.15, 0.2) is 9.84 Å². The third kappa shape index (κ3) is 6.07.